The normalized spacial score (nSPS) is 12.6. The molecule has 0 aliphatic heterocycles. The number of likely N-dealkylation sites (N-methyl/N-ethyl adjacent to an activating group) is 1. The molecule has 2 aromatic rings. The molecule has 0 saturated heterocycles. The lowest BCUT2D eigenvalue weighted by Gasteiger charge is -2.16. The van der Waals surface area contributed by atoms with Crippen LogP contribution >= 0.6 is 45.5 Å². The van der Waals surface area contributed by atoms with Crippen LogP contribution in [0.25, 0.3) is 0 Å². The van der Waals surface area contributed by atoms with Crippen LogP contribution in [0.1, 0.15) is 28.3 Å². The van der Waals surface area contributed by atoms with E-state index in [4.69, 9.17) is 11.6 Å². The Hall–Kier alpha value is -0.100. The number of hydrogen-bond acceptors (Lipinski definition) is 2. The van der Waals surface area contributed by atoms with E-state index in [1.54, 1.807) is 0 Å². The number of aryl methyl sites for hydroxylation is 1. The van der Waals surface area contributed by atoms with E-state index < -0.39 is 0 Å². The highest BCUT2D eigenvalue weighted by atomic mass is 127. The van der Waals surface area contributed by atoms with E-state index in [-0.39, 0.29) is 0 Å². The Kier molecular flexibility index (Phi) is 5.69. The number of hydrogen-bond donors (Lipinski definition) is 1. The van der Waals surface area contributed by atoms with E-state index in [2.05, 4.69) is 65.2 Å². The monoisotopic (exact) mass is 405 g/mol. The van der Waals surface area contributed by atoms with Gasteiger partial charge < -0.3 is 5.32 Å². The summed E-state index contributed by atoms with van der Waals surface area (Å²) in [6.07, 6.45) is 2.13. The van der Waals surface area contributed by atoms with Crippen LogP contribution in [0.3, 0.4) is 0 Å². The van der Waals surface area contributed by atoms with Gasteiger partial charge in [0.1, 0.15) is 0 Å². The SMILES string of the molecule is CCc1ccc(CC(NC)c2ccc(I)c(Cl)c2)s1. The van der Waals surface area contributed by atoms with Crippen molar-refractivity contribution in [2.75, 3.05) is 7.05 Å². The first-order valence-corrected chi connectivity index (χ1v) is 8.61. The molecule has 1 nitrogen and oxygen atoms in total. The molecule has 1 aromatic carbocycles. The van der Waals surface area contributed by atoms with Gasteiger partial charge in [-0.3, -0.25) is 0 Å². The van der Waals surface area contributed by atoms with Crippen LogP contribution < -0.4 is 5.32 Å². The Balaban J connectivity index is 2.17. The van der Waals surface area contributed by atoms with E-state index in [1.165, 1.54) is 15.3 Å². The average molecular weight is 406 g/mol. The second-order valence-corrected chi connectivity index (χ2v) is 7.26. The van der Waals surface area contributed by atoms with Crippen molar-refractivity contribution in [3.8, 4) is 0 Å². The maximum Gasteiger partial charge on any atom is 0.0542 e. The van der Waals surface area contributed by atoms with Gasteiger partial charge >= 0.3 is 0 Å². The number of benzene rings is 1. The molecule has 1 aromatic heterocycles. The largest absolute Gasteiger partial charge is 0.313 e. The van der Waals surface area contributed by atoms with Crippen molar-refractivity contribution in [2.24, 2.45) is 0 Å². The fourth-order valence-electron chi connectivity index (χ4n) is 2.04. The van der Waals surface area contributed by atoms with Crippen LogP contribution in [0.4, 0.5) is 0 Å². The first-order chi connectivity index (χ1) is 9.13. The van der Waals surface area contributed by atoms with Gasteiger partial charge in [0, 0.05) is 25.8 Å². The van der Waals surface area contributed by atoms with Crippen LogP contribution in [0.2, 0.25) is 5.02 Å². The Labute approximate surface area is 137 Å². The molecular weight excluding hydrogens is 389 g/mol. The molecule has 0 saturated carbocycles. The Morgan fingerprint density at radius 3 is 2.58 bits per heavy atom. The van der Waals surface area contributed by atoms with Gasteiger partial charge in [-0.1, -0.05) is 24.6 Å². The van der Waals surface area contributed by atoms with E-state index in [0.717, 1.165) is 21.4 Å². The maximum absolute atomic E-state index is 6.21. The van der Waals surface area contributed by atoms with Gasteiger partial charge in [0.05, 0.1) is 5.02 Å². The summed E-state index contributed by atoms with van der Waals surface area (Å²) in [6, 6.07) is 11.1. The molecule has 0 radical (unpaired) electrons. The zero-order valence-corrected chi connectivity index (χ0v) is 14.8. The molecule has 1 atom stereocenters. The number of rotatable bonds is 5. The predicted octanol–water partition coefficient (Wildman–Crippen LogP) is 5.07. The smallest absolute Gasteiger partial charge is 0.0542 e. The fraction of sp³-hybridized carbons (Fsp3) is 0.333. The third kappa shape index (κ3) is 3.94. The van der Waals surface area contributed by atoms with Gasteiger partial charge in [0.15, 0.2) is 0 Å². The topological polar surface area (TPSA) is 12.0 Å². The molecule has 0 bridgehead atoms. The lowest BCUT2D eigenvalue weighted by atomic mass is 10.0. The second kappa shape index (κ2) is 7.07. The summed E-state index contributed by atoms with van der Waals surface area (Å²) in [5, 5.41) is 4.22. The number of thiophene rings is 1. The van der Waals surface area contributed by atoms with Crippen molar-refractivity contribution in [3.63, 3.8) is 0 Å². The third-order valence-corrected chi connectivity index (χ3v) is 5.99. The van der Waals surface area contributed by atoms with E-state index >= 15 is 0 Å². The zero-order chi connectivity index (χ0) is 13.8. The Morgan fingerprint density at radius 1 is 1.26 bits per heavy atom. The Bertz CT molecular complexity index is 553. The minimum atomic E-state index is 0.317. The summed E-state index contributed by atoms with van der Waals surface area (Å²) >= 11 is 10.4. The first kappa shape index (κ1) is 15.3. The molecule has 4 heteroatoms. The van der Waals surface area contributed by atoms with Crippen molar-refractivity contribution >= 4 is 45.5 Å². The van der Waals surface area contributed by atoms with Gasteiger partial charge in [0.25, 0.3) is 0 Å². The summed E-state index contributed by atoms with van der Waals surface area (Å²) < 4.78 is 1.10. The van der Waals surface area contributed by atoms with Crippen molar-refractivity contribution in [3.05, 3.63) is 54.2 Å². The van der Waals surface area contributed by atoms with E-state index in [1.807, 2.05) is 18.4 Å². The molecule has 0 spiro atoms. The van der Waals surface area contributed by atoms with Gasteiger partial charge in [-0.2, -0.15) is 0 Å². The highest BCUT2D eigenvalue weighted by Gasteiger charge is 2.12. The molecule has 1 heterocycles. The van der Waals surface area contributed by atoms with Gasteiger partial charge in [-0.05, 0) is 65.9 Å². The van der Waals surface area contributed by atoms with Crippen molar-refractivity contribution < 1.29 is 0 Å². The predicted molar refractivity (Wildman–Crippen MR) is 93.4 cm³/mol. The van der Waals surface area contributed by atoms with Gasteiger partial charge in [0.2, 0.25) is 0 Å². The lowest BCUT2D eigenvalue weighted by Crippen LogP contribution is -2.18. The van der Waals surface area contributed by atoms with Gasteiger partial charge in [-0.25, -0.2) is 0 Å². The van der Waals surface area contributed by atoms with E-state index in [9.17, 15) is 0 Å². The van der Waals surface area contributed by atoms with Crippen LogP contribution in [0.15, 0.2) is 30.3 Å². The minimum absolute atomic E-state index is 0.317. The van der Waals surface area contributed by atoms with Crippen LogP contribution in [0.5, 0.6) is 0 Å². The molecule has 0 aliphatic carbocycles. The van der Waals surface area contributed by atoms with Crippen molar-refractivity contribution in [1.29, 1.82) is 0 Å². The maximum atomic E-state index is 6.21. The van der Waals surface area contributed by atoms with Crippen LogP contribution in [-0.2, 0) is 12.8 Å². The van der Waals surface area contributed by atoms with E-state index in [0.29, 0.717) is 6.04 Å². The van der Waals surface area contributed by atoms with Crippen LogP contribution in [0, 0.1) is 3.57 Å². The highest BCUT2D eigenvalue weighted by Crippen LogP contribution is 2.27. The molecule has 1 unspecified atom stereocenters. The molecule has 0 aliphatic rings. The summed E-state index contributed by atoms with van der Waals surface area (Å²) in [5.74, 6) is 0. The number of nitrogens with one attached hydrogen (secondary N) is 1. The van der Waals surface area contributed by atoms with Crippen LogP contribution in [-0.4, -0.2) is 7.05 Å². The quantitative estimate of drug-likeness (QED) is 0.685. The summed E-state index contributed by atoms with van der Waals surface area (Å²) in [6.45, 7) is 2.20. The molecule has 0 fully saturated rings. The molecule has 1 N–H and O–H groups in total. The average Bonchev–Trinajstić information content (AvgIpc) is 2.87. The minimum Gasteiger partial charge on any atom is -0.313 e. The number of halogens is 2. The second-order valence-electron chi connectivity index (χ2n) is 4.44. The fourth-order valence-corrected chi connectivity index (χ4v) is 3.57. The first-order valence-electron chi connectivity index (χ1n) is 6.33. The zero-order valence-electron chi connectivity index (χ0n) is 11.0. The van der Waals surface area contributed by atoms with Crippen molar-refractivity contribution in [1.82, 2.24) is 5.32 Å². The lowest BCUT2D eigenvalue weighted by molar-refractivity contribution is 0.596. The summed E-state index contributed by atoms with van der Waals surface area (Å²) in [5.41, 5.74) is 1.25. The van der Waals surface area contributed by atoms with Gasteiger partial charge in [-0.15, -0.1) is 11.3 Å². The summed E-state index contributed by atoms with van der Waals surface area (Å²) in [4.78, 5) is 2.87. The van der Waals surface area contributed by atoms with Crippen molar-refractivity contribution in [2.45, 2.75) is 25.8 Å². The third-order valence-electron chi connectivity index (χ3n) is 3.17. The molecular formula is C15H17ClINS. The molecule has 0 amide bonds. The summed E-state index contributed by atoms with van der Waals surface area (Å²) in [7, 11) is 2.00. The molecule has 19 heavy (non-hydrogen) atoms. The highest BCUT2D eigenvalue weighted by molar-refractivity contribution is 14.1. The molecule has 2 rings (SSSR count). The standard InChI is InChI=1S/C15H17ClINS/c1-3-11-5-6-12(19-11)9-15(18-2)10-4-7-14(17)13(16)8-10/h4-8,15,18H,3,9H2,1-2H3. The molecule has 102 valence electrons. The Morgan fingerprint density at radius 2 is 2.00 bits per heavy atom.